The predicted molar refractivity (Wildman–Crippen MR) is 58.0 cm³/mol. The first-order chi connectivity index (χ1) is 6.60. The topological polar surface area (TPSA) is 71.5 Å². The molecule has 76 valence electrons. The Morgan fingerprint density at radius 1 is 1.57 bits per heavy atom. The highest BCUT2D eigenvalue weighted by Crippen LogP contribution is 2.22. The molecule has 4 nitrogen and oxygen atoms in total. The first-order valence-electron chi connectivity index (χ1n) is 4.10. The van der Waals surface area contributed by atoms with Crippen LogP contribution in [0.15, 0.2) is 16.1 Å². The molecule has 1 rings (SSSR count). The number of hydrogen-bond donors (Lipinski definition) is 2. The van der Waals surface area contributed by atoms with Crippen molar-refractivity contribution in [3.05, 3.63) is 23.0 Å². The smallest absolute Gasteiger partial charge is 0.173 e. The molecule has 0 atom stereocenters. The first kappa shape index (κ1) is 10.8. The summed E-state index contributed by atoms with van der Waals surface area (Å²) in [6, 6.07) is 1.92. The minimum atomic E-state index is 0.111. The fourth-order valence-corrected chi connectivity index (χ4v) is 2.06. The number of nitrogens with two attached hydrogens (primary N) is 1. The van der Waals surface area contributed by atoms with Crippen molar-refractivity contribution in [1.29, 1.82) is 0 Å². The van der Waals surface area contributed by atoms with Crippen LogP contribution >= 0.6 is 11.8 Å². The lowest BCUT2D eigenvalue weighted by atomic mass is 10.1. The Morgan fingerprint density at radius 2 is 2.21 bits per heavy atom. The van der Waals surface area contributed by atoms with Crippen LogP contribution in [0.2, 0.25) is 0 Å². The Labute approximate surface area is 87.2 Å². The van der Waals surface area contributed by atoms with Crippen LogP contribution < -0.4 is 5.73 Å². The molecule has 5 heteroatoms. The SMILES string of the molecule is CSc1cc(C)nc(C)c1/C(N)=N/O. The lowest BCUT2D eigenvalue weighted by Gasteiger charge is -2.09. The van der Waals surface area contributed by atoms with E-state index < -0.39 is 0 Å². The standard InChI is InChI=1S/C9H13N3OS/c1-5-4-7(14-3)8(6(2)11-5)9(10)12-13/h4,13H,1-3H3,(H2,10,12). The molecule has 0 aliphatic carbocycles. The lowest BCUT2D eigenvalue weighted by Crippen LogP contribution is -2.17. The number of nitrogens with zero attached hydrogens (tertiary/aromatic N) is 2. The van der Waals surface area contributed by atoms with Crippen LogP contribution in [-0.2, 0) is 0 Å². The molecule has 1 heterocycles. The second-order valence-corrected chi connectivity index (χ2v) is 3.76. The first-order valence-corrected chi connectivity index (χ1v) is 5.32. The van der Waals surface area contributed by atoms with Gasteiger partial charge in [-0.2, -0.15) is 0 Å². The molecule has 0 bridgehead atoms. The highest BCUT2D eigenvalue weighted by Gasteiger charge is 2.11. The maximum Gasteiger partial charge on any atom is 0.173 e. The highest BCUT2D eigenvalue weighted by atomic mass is 32.2. The molecule has 0 spiro atoms. The van der Waals surface area contributed by atoms with Crippen molar-refractivity contribution in [3.8, 4) is 0 Å². The van der Waals surface area contributed by atoms with Gasteiger partial charge in [0, 0.05) is 16.3 Å². The van der Waals surface area contributed by atoms with Crippen molar-refractivity contribution in [2.45, 2.75) is 18.7 Å². The normalized spacial score (nSPS) is 11.8. The molecule has 0 amide bonds. The molecular weight excluding hydrogens is 198 g/mol. The molecule has 1 aromatic rings. The number of aromatic nitrogens is 1. The number of thioether (sulfide) groups is 1. The molecule has 0 saturated carbocycles. The van der Waals surface area contributed by atoms with Crippen molar-refractivity contribution in [2.24, 2.45) is 10.9 Å². The summed E-state index contributed by atoms with van der Waals surface area (Å²) in [5.74, 6) is 0.111. The van der Waals surface area contributed by atoms with E-state index in [1.165, 1.54) is 0 Å². The van der Waals surface area contributed by atoms with Crippen LogP contribution in [-0.4, -0.2) is 22.3 Å². The summed E-state index contributed by atoms with van der Waals surface area (Å²) in [7, 11) is 0. The molecule has 3 N–H and O–H groups in total. The molecule has 0 radical (unpaired) electrons. The average molecular weight is 211 g/mol. The minimum Gasteiger partial charge on any atom is -0.409 e. The predicted octanol–water partition coefficient (Wildman–Crippen LogP) is 1.51. The van der Waals surface area contributed by atoms with Gasteiger partial charge < -0.3 is 10.9 Å². The van der Waals surface area contributed by atoms with Crippen LogP contribution in [0.5, 0.6) is 0 Å². The number of rotatable bonds is 2. The van der Waals surface area contributed by atoms with Crippen molar-refractivity contribution < 1.29 is 5.21 Å². The Kier molecular flexibility index (Phi) is 3.35. The van der Waals surface area contributed by atoms with E-state index in [1.807, 2.05) is 26.2 Å². The van der Waals surface area contributed by atoms with E-state index in [0.29, 0.717) is 5.56 Å². The van der Waals surface area contributed by atoms with Crippen LogP contribution in [0.25, 0.3) is 0 Å². The van der Waals surface area contributed by atoms with E-state index in [1.54, 1.807) is 11.8 Å². The zero-order valence-electron chi connectivity index (χ0n) is 8.40. The third-order valence-electron chi connectivity index (χ3n) is 1.88. The molecule has 0 unspecified atom stereocenters. The van der Waals surface area contributed by atoms with Gasteiger partial charge in [0.2, 0.25) is 0 Å². The quantitative estimate of drug-likeness (QED) is 0.256. The summed E-state index contributed by atoms with van der Waals surface area (Å²) in [5, 5.41) is 11.6. The van der Waals surface area contributed by atoms with Crippen molar-refractivity contribution in [1.82, 2.24) is 4.98 Å². The van der Waals surface area contributed by atoms with Crippen molar-refractivity contribution >= 4 is 17.6 Å². The van der Waals surface area contributed by atoms with Gasteiger partial charge in [-0.3, -0.25) is 4.98 Å². The summed E-state index contributed by atoms with van der Waals surface area (Å²) in [5.41, 5.74) is 8.00. The summed E-state index contributed by atoms with van der Waals surface area (Å²) < 4.78 is 0. The number of pyridine rings is 1. The minimum absolute atomic E-state index is 0.111. The summed E-state index contributed by atoms with van der Waals surface area (Å²) in [6.45, 7) is 3.77. The van der Waals surface area contributed by atoms with Gasteiger partial charge in [0.05, 0.1) is 5.56 Å². The van der Waals surface area contributed by atoms with Gasteiger partial charge in [0.15, 0.2) is 5.84 Å². The Hall–Kier alpha value is -1.23. The average Bonchev–Trinajstić information content (AvgIpc) is 2.15. The van der Waals surface area contributed by atoms with Gasteiger partial charge in [-0.05, 0) is 26.2 Å². The third-order valence-corrected chi connectivity index (χ3v) is 2.64. The summed E-state index contributed by atoms with van der Waals surface area (Å²) >= 11 is 1.56. The zero-order chi connectivity index (χ0) is 10.7. The van der Waals surface area contributed by atoms with E-state index in [-0.39, 0.29) is 5.84 Å². The molecule has 14 heavy (non-hydrogen) atoms. The second-order valence-electron chi connectivity index (χ2n) is 2.91. The monoisotopic (exact) mass is 211 g/mol. The number of oxime groups is 1. The van der Waals surface area contributed by atoms with Gasteiger partial charge in [0.1, 0.15) is 0 Å². The molecule has 1 aromatic heterocycles. The molecular formula is C9H13N3OS. The summed E-state index contributed by atoms with van der Waals surface area (Å²) in [6.07, 6.45) is 1.95. The zero-order valence-corrected chi connectivity index (χ0v) is 9.22. The maximum atomic E-state index is 8.63. The highest BCUT2D eigenvalue weighted by molar-refractivity contribution is 7.98. The molecule has 0 aromatic carbocycles. The van der Waals surface area contributed by atoms with Gasteiger partial charge in [-0.15, -0.1) is 11.8 Å². The van der Waals surface area contributed by atoms with Crippen molar-refractivity contribution in [3.63, 3.8) is 0 Å². The van der Waals surface area contributed by atoms with Crippen molar-refractivity contribution in [2.75, 3.05) is 6.26 Å². The van der Waals surface area contributed by atoms with E-state index in [0.717, 1.165) is 16.3 Å². The van der Waals surface area contributed by atoms with Gasteiger partial charge >= 0.3 is 0 Å². The molecule has 0 saturated heterocycles. The van der Waals surface area contributed by atoms with E-state index in [9.17, 15) is 0 Å². The Morgan fingerprint density at radius 3 is 2.71 bits per heavy atom. The molecule has 0 aliphatic rings. The second kappa shape index (κ2) is 4.32. The van der Waals surface area contributed by atoms with E-state index in [4.69, 9.17) is 10.9 Å². The number of aryl methyl sites for hydroxylation is 2. The maximum absolute atomic E-state index is 8.63. The van der Waals surface area contributed by atoms with Gasteiger partial charge in [-0.25, -0.2) is 0 Å². The Balaban J connectivity index is 3.40. The van der Waals surface area contributed by atoms with E-state index in [2.05, 4.69) is 10.1 Å². The van der Waals surface area contributed by atoms with Crippen LogP contribution in [0.1, 0.15) is 17.0 Å². The number of hydrogen-bond acceptors (Lipinski definition) is 4. The van der Waals surface area contributed by atoms with Crippen LogP contribution in [0.3, 0.4) is 0 Å². The lowest BCUT2D eigenvalue weighted by molar-refractivity contribution is 0.318. The number of amidine groups is 1. The van der Waals surface area contributed by atoms with E-state index >= 15 is 0 Å². The fourth-order valence-electron chi connectivity index (χ4n) is 1.32. The third kappa shape index (κ3) is 1.98. The fraction of sp³-hybridized carbons (Fsp3) is 0.333. The van der Waals surface area contributed by atoms with Gasteiger partial charge in [0.25, 0.3) is 0 Å². The molecule has 0 fully saturated rings. The summed E-state index contributed by atoms with van der Waals surface area (Å²) in [4.78, 5) is 5.24. The largest absolute Gasteiger partial charge is 0.409 e. The van der Waals surface area contributed by atoms with Crippen LogP contribution in [0.4, 0.5) is 0 Å². The Bertz CT molecular complexity index is 377. The van der Waals surface area contributed by atoms with Gasteiger partial charge in [-0.1, -0.05) is 5.16 Å². The van der Waals surface area contributed by atoms with Crippen LogP contribution in [0, 0.1) is 13.8 Å². The molecule has 0 aliphatic heterocycles.